The molecule has 4 rings (SSSR count). The van der Waals surface area contributed by atoms with Crippen LogP contribution in [0.25, 0.3) is 17.1 Å². The van der Waals surface area contributed by atoms with Crippen LogP contribution in [0.2, 0.25) is 0 Å². The van der Waals surface area contributed by atoms with Crippen LogP contribution >= 0.6 is 11.8 Å². The van der Waals surface area contributed by atoms with Crippen LogP contribution in [0.3, 0.4) is 0 Å². The summed E-state index contributed by atoms with van der Waals surface area (Å²) in [4.78, 5) is 12.5. The highest BCUT2D eigenvalue weighted by Crippen LogP contribution is 2.29. The molecule has 10 heteroatoms. The molecule has 1 heterocycles. The van der Waals surface area contributed by atoms with Crippen molar-refractivity contribution >= 4 is 23.4 Å². The summed E-state index contributed by atoms with van der Waals surface area (Å²) in [6.45, 7) is 1.78. The highest BCUT2D eigenvalue weighted by molar-refractivity contribution is 7.99. The van der Waals surface area contributed by atoms with Gasteiger partial charge in [-0.2, -0.15) is 5.10 Å². The molecule has 36 heavy (non-hydrogen) atoms. The topological polar surface area (TPSA) is 111 Å². The number of carbonyl (C=O) groups excluding carboxylic acids is 1. The number of hydrogen-bond acceptors (Lipinski definition) is 8. The van der Waals surface area contributed by atoms with E-state index in [0.717, 1.165) is 28.3 Å². The molecule has 9 nitrogen and oxygen atoms in total. The third-order valence-electron chi connectivity index (χ3n) is 5.28. The minimum atomic E-state index is -0.284. The van der Waals surface area contributed by atoms with Gasteiger partial charge >= 0.3 is 0 Å². The Morgan fingerprint density at radius 1 is 0.944 bits per heavy atom. The van der Waals surface area contributed by atoms with Crippen LogP contribution in [0.15, 0.2) is 83.1 Å². The van der Waals surface area contributed by atoms with Crippen molar-refractivity contribution in [2.75, 3.05) is 20.0 Å². The predicted octanol–water partition coefficient (Wildman–Crippen LogP) is 4.29. The highest BCUT2D eigenvalue weighted by atomic mass is 32.2. The second kappa shape index (κ2) is 11.4. The van der Waals surface area contributed by atoms with E-state index in [1.54, 1.807) is 45.4 Å². The van der Waals surface area contributed by atoms with Crippen molar-refractivity contribution in [3.05, 3.63) is 78.4 Å². The van der Waals surface area contributed by atoms with Crippen LogP contribution in [-0.2, 0) is 4.79 Å². The average molecular weight is 504 g/mol. The molecule has 1 aromatic heterocycles. The Morgan fingerprint density at radius 3 is 2.17 bits per heavy atom. The summed E-state index contributed by atoms with van der Waals surface area (Å²) in [6, 6.07) is 21.7. The maximum absolute atomic E-state index is 12.5. The lowest BCUT2D eigenvalue weighted by Crippen LogP contribution is -2.21. The lowest BCUT2D eigenvalue weighted by Gasteiger charge is -2.11. The van der Waals surface area contributed by atoms with Gasteiger partial charge in [0.25, 0.3) is 5.91 Å². The fourth-order valence-corrected chi connectivity index (χ4v) is 4.07. The van der Waals surface area contributed by atoms with Crippen molar-refractivity contribution in [1.29, 1.82) is 0 Å². The van der Waals surface area contributed by atoms with Gasteiger partial charge in [0.05, 0.1) is 25.7 Å². The van der Waals surface area contributed by atoms with E-state index in [9.17, 15) is 9.90 Å². The van der Waals surface area contributed by atoms with Gasteiger partial charge in [0, 0.05) is 11.3 Å². The van der Waals surface area contributed by atoms with Crippen LogP contribution in [0, 0.1) is 0 Å². The molecular weight excluding hydrogens is 478 g/mol. The average Bonchev–Trinajstić information content (AvgIpc) is 3.35. The van der Waals surface area contributed by atoms with Gasteiger partial charge < -0.3 is 14.6 Å². The second-order valence-electron chi connectivity index (χ2n) is 7.64. The van der Waals surface area contributed by atoms with E-state index < -0.39 is 0 Å². The number of phenolic OH excluding ortho intramolecular Hbond substituents is 1. The summed E-state index contributed by atoms with van der Waals surface area (Å²) >= 11 is 1.25. The Balaban J connectivity index is 1.54. The van der Waals surface area contributed by atoms with E-state index >= 15 is 0 Å². The Kier molecular flexibility index (Phi) is 7.86. The number of amides is 1. The molecule has 0 bridgehead atoms. The zero-order chi connectivity index (χ0) is 25.5. The first-order valence-electron chi connectivity index (χ1n) is 11.0. The molecule has 0 radical (unpaired) electrons. The zero-order valence-electron chi connectivity index (χ0n) is 20.0. The summed E-state index contributed by atoms with van der Waals surface area (Å²) in [5.41, 5.74) is 5.67. The number of hydrogen-bond donors (Lipinski definition) is 2. The lowest BCUT2D eigenvalue weighted by atomic mass is 10.1. The molecule has 0 aliphatic carbocycles. The minimum absolute atomic E-state index is 0.0866. The number of aromatic nitrogens is 3. The number of rotatable bonds is 9. The van der Waals surface area contributed by atoms with E-state index in [-0.39, 0.29) is 17.4 Å². The standard InChI is InChI=1S/C26H25N5O4S/c1-17(18-4-10-21(32)11-5-18)27-28-24(33)16-36-26-30-29-25(19-6-12-22(34-2)13-7-19)31(26)20-8-14-23(35-3)15-9-20/h4-15,32H,16H2,1-3H3,(H,28,33)/b27-17+. The minimum Gasteiger partial charge on any atom is -0.508 e. The molecule has 1 amide bonds. The monoisotopic (exact) mass is 503 g/mol. The van der Waals surface area contributed by atoms with Crippen molar-refractivity contribution in [3.8, 4) is 34.3 Å². The first-order valence-corrected chi connectivity index (χ1v) is 12.0. The zero-order valence-corrected chi connectivity index (χ0v) is 20.8. The van der Waals surface area contributed by atoms with E-state index in [1.807, 2.05) is 53.1 Å². The first-order chi connectivity index (χ1) is 17.5. The lowest BCUT2D eigenvalue weighted by molar-refractivity contribution is -0.118. The van der Waals surface area contributed by atoms with Crippen LogP contribution in [0.1, 0.15) is 12.5 Å². The molecule has 0 unspecified atom stereocenters. The van der Waals surface area contributed by atoms with Gasteiger partial charge in [-0.3, -0.25) is 9.36 Å². The first kappa shape index (κ1) is 24.8. The third-order valence-corrected chi connectivity index (χ3v) is 6.21. The Bertz CT molecular complexity index is 1350. The summed E-state index contributed by atoms with van der Waals surface area (Å²) in [5, 5.41) is 22.9. The SMILES string of the molecule is COc1ccc(-c2nnc(SCC(=O)N/N=C(\C)c3ccc(O)cc3)n2-c2ccc(OC)cc2)cc1. The number of nitrogens with zero attached hydrogens (tertiary/aromatic N) is 4. The van der Waals surface area contributed by atoms with Gasteiger partial charge in [-0.15, -0.1) is 10.2 Å². The van der Waals surface area contributed by atoms with Gasteiger partial charge in [-0.05, 0) is 85.3 Å². The molecule has 0 saturated carbocycles. The summed E-state index contributed by atoms with van der Waals surface area (Å²) in [6.07, 6.45) is 0. The van der Waals surface area contributed by atoms with Crippen molar-refractivity contribution in [2.45, 2.75) is 12.1 Å². The number of methoxy groups -OCH3 is 2. The number of carbonyl (C=O) groups is 1. The number of thioether (sulfide) groups is 1. The molecule has 184 valence electrons. The van der Waals surface area contributed by atoms with Gasteiger partial charge in [0.15, 0.2) is 11.0 Å². The highest BCUT2D eigenvalue weighted by Gasteiger charge is 2.17. The largest absolute Gasteiger partial charge is 0.508 e. The summed E-state index contributed by atoms with van der Waals surface area (Å²) < 4.78 is 12.4. The van der Waals surface area contributed by atoms with E-state index in [0.29, 0.717) is 16.7 Å². The number of hydrazone groups is 1. The maximum Gasteiger partial charge on any atom is 0.250 e. The van der Waals surface area contributed by atoms with Crippen molar-refractivity contribution in [1.82, 2.24) is 20.2 Å². The molecule has 4 aromatic rings. The summed E-state index contributed by atoms with van der Waals surface area (Å²) in [5.74, 6) is 2.07. The smallest absolute Gasteiger partial charge is 0.250 e. The van der Waals surface area contributed by atoms with Crippen LogP contribution in [0.4, 0.5) is 0 Å². The number of nitrogens with one attached hydrogen (secondary N) is 1. The number of ether oxygens (including phenoxy) is 2. The maximum atomic E-state index is 12.5. The molecule has 0 saturated heterocycles. The van der Waals surface area contributed by atoms with Crippen LogP contribution in [-0.4, -0.2) is 51.5 Å². The molecule has 0 atom stereocenters. The van der Waals surface area contributed by atoms with E-state index in [4.69, 9.17) is 9.47 Å². The summed E-state index contributed by atoms with van der Waals surface area (Å²) in [7, 11) is 3.23. The molecule has 0 aliphatic rings. The molecule has 0 aliphatic heterocycles. The Morgan fingerprint density at radius 2 is 1.56 bits per heavy atom. The van der Waals surface area contributed by atoms with Gasteiger partial charge in [0.2, 0.25) is 0 Å². The van der Waals surface area contributed by atoms with Crippen LogP contribution in [0.5, 0.6) is 17.2 Å². The van der Waals surface area contributed by atoms with Gasteiger partial charge in [-0.1, -0.05) is 11.8 Å². The fourth-order valence-electron chi connectivity index (χ4n) is 3.33. The predicted molar refractivity (Wildman–Crippen MR) is 139 cm³/mol. The third kappa shape index (κ3) is 5.84. The quantitative estimate of drug-likeness (QED) is 0.199. The second-order valence-corrected chi connectivity index (χ2v) is 8.58. The number of benzene rings is 3. The van der Waals surface area contributed by atoms with Crippen LogP contribution < -0.4 is 14.9 Å². The van der Waals surface area contributed by atoms with Crippen molar-refractivity contribution < 1.29 is 19.4 Å². The molecular formula is C26H25N5O4S. The molecule has 2 N–H and O–H groups in total. The molecule has 0 fully saturated rings. The normalized spacial score (nSPS) is 11.2. The van der Waals surface area contributed by atoms with Crippen molar-refractivity contribution in [2.24, 2.45) is 5.10 Å². The molecule has 3 aromatic carbocycles. The fraction of sp³-hybridized carbons (Fsp3) is 0.154. The number of phenols is 1. The molecule has 0 spiro atoms. The number of aromatic hydroxyl groups is 1. The van der Waals surface area contributed by atoms with Gasteiger partial charge in [0.1, 0.15) is 17.2 Å². The Labute approximate surface area is 212 Å². The van der Waals surface area contributed by atoms with E-state index in [2.05, 4.69) is 20.7 Å². The van der Waals surface area contributed by atoms with E-state index in [1.165, 1.54) is 11.8 Å². The van der Waals surface area contributed by atoms with Gasteiger partial charge in [-0.25, -0.2) is 5.43 Å². The van der Waals surface area contributed by atoms with Crippen molar-refractivity contribution in [3.63, 3.8) is 0 Å². The Hall–Kier alpha value is -4.31.